The summed E-state index contributed by atoms with van der Waals surface area (Å²) in [6.45, 7) is 4.05. The summed E-state index contributed by atoms with van der Waals surface area (Å²) in [5.74, 6) is 1.33. The third-order valence-corrected chi connectivity index (χ3v) is 5.92. The second-order valence-electron chi connectivity index (χ2n) is 8.04. The molecule has 2 aromatic carbocycles. The van der Waals surface area contributed by atoms with Crippen LogP contribution in [0, 0.1) is 0 Å². The molecule has 0 saturated heterocycles. The summed E-state index contributed by atoms with van der Waals surface area (Å²) in [7, 11) is 3.44. The fraction of sp³-hybridized carbons (Fsp3) is 0.360. The molecule has 0 spiro atoms. The van der Waals surface area contributed by atoms with Crippen molar-refractivity contribution in [2.24, 2.45) is 0 Å². The molecule has 1 heterocycles. The Morgan fingerprint density at radius 2 is 1.94 bits per heavy atom. The third-order valence-electron chi connectivity index (χ3n) is 5.28. The van der Waals surface area contributed by atoms with Crippen LogP contribution in [0.4, 0.5) is 17.1 Å². The molecule has 33 heavy (non-hydrogen) atoms. The van der Waals surface area contributed by atoms with E-state index in [2.05, 4.69) is 10.6 Å². The minimum Gasteiger partial charge on any atom is -0.495 e. The number of ether oxygens (including phenoxy) is 1. The van der Waals surface area contributed by atoms with Crippen molar-refractivity contribution in [2.45, 2.75) is 32.4 Å². The maximum Gasteiger partial charge on any atom is 0.338 e. The van der Waals surface area contributed by atoms with Crippen LogP contribution in [-0.4, -0.2) is 44.2 Å². The van der Waals surface area contributed by atoms with Crippen molar-refractivity contribution in [2.75, 3.05) is 36.4 Å². The fourth-order valence-electron chi connectivity index (χ4n) is 3.66. The van der Waals surface area contributed by atoms with Gasteiger partial charge in [-0.25, -0.2) is 4.79 Å². The Labute approximate surface area is 198 Å². The van der Waals surface area contributed by atoms with E-state index in [9.17, 15) is 9.59 Å². The monoisotopic (exact) mass is 469 g/mol. The van der Waals surface area contributed by atoms with E-state index in [1.165, 1.54) is 6.07 Å². The second kappa shape index (κ2) is 11.2. The summed E-state index contributed by atoms with van der Waals surface area (Å²) in [5.41, 5.74) is 2.17. The van der Waals surface area contributed by atoms with E-state index < -0.39 is 5.63 Å². The molecule has 2 N–H and O–H groups in total. The van der Waals surface area contributed by atoms with Gasteiger partial charge in [0.2, 0.25) is 5.91 Å². The molecule has 3 rings (SSSR count). The average molecular weight is 470 g/mol. The number of carbonyl (C=O) groups is 1. The number of methoxy groups -OCH3 is 1. The SMILES string of the molecule is COc1ccc(N(C)c2cc(=O)oc3ccccc23)cc1NC(=O)C(CCSC)NC(C)C. The Balaban J connectivity index is 1.94. The lowest BCUT2D eigenvalue weighted by atomic mass is 10.1. The molecule has 1 aromatic heterocycles. The summed E-state index contributed by atoms with van der Waals surface area (Å²) in [4.78, 5) is 27.1. The molecule has 176 valence electrons. The number of anilines is 3. The first kappa shape index (κ1) is 24.7. The minimum absolute atomic E-state index is 0.110. The van der Waals surface area contributed by atoms with Gasteiger partial charge in [-0.2, -0.15) is 11.8 Å². The minimum atomic E-state index is -0.422. The summed E-state index contributed by atoms with van der Waals surface area (Å²) < 4.78 is 10.8. The molecule has 0 aliphatic heterocycles. The Morgan fingerprint density at radius 1 is 1.18 bits per heavy atom. The molecule has 1 amide bonds. The van der Waals surface area contributed by atoms with Crippen LogP contribution in [0.2, 0.25) is 0 Å². The lowest BCUT2D eigenvalue weighted by molar-refractivity contribution is -0.118. The van der Waals surface area contributed by atoms with E-state index in [-0.39, 0.29) is 18.0 Å². The Kier molecular flexibility index (Phi) is 8.41. The molecule has 1 atom stereocenters. The van der Waals surface area contributed by atoms with Gasteiger partial charge < -0.3 is 24.7 Å². The van der Waals surface area contributed by atoms with Crippen molar-refractivity contribution in [3.05, 3.63) is 59.0 Å². The van der Waals surface area contributed by atoms with Gasteiger partial charge in [0.1, 0.15) is 11.3 Å². The fourth-order valence-corrected chi connectivity index (χ4v) is 4.13. The number of nitrogens with zero attached hydrogens (tertiary/aromatic N) is 1. The number of carbonyl (C=O) groups excluding carboxylic acids is 1. The molecule has 0 aliphatic carbocycles. The number of nitrogens with one attached hydrogen (secondary N) is 2. The molecule has 3 aromatic rings. The first-order valence-electron chi connectivity index (χ1n) is 10.8. The third kappa shape index (κ3) is 6.09. The lowest BCUT2D eigenvalue weighted by Gasteiger charge is -2.24. The summed E-state index contributed by atoms with van der Waals surface area (Å²) in [5, 5.41) is 7.19. The van der Waals surface area contributed by atoms with E-state index in [0.717, 1.165) is 23.2 Å². The Morgan fingerprint density at radius 3 is 2.64 bits per heavy atom. The number of rotatable bonds is 10. The molecule has 8 heteroatoms. The van der Waals surface area contributed by atoms with Crippen LogP contribution >= 0.6 is 11.8 Å². The number of hydrogen-bond acceptors (Lipinski definition) is 7. The molecule has 0 radical (unpaired) electrons. The van der Waals surface area contributed by atoms with Gasteiger partial charge in [-0.1, -0.05) is 26.0 Å². The molecular formula is C25H31N3O4S. The lowest BCUT2D eigenvalue weighted by Crippen LogP contribution is -2.44. The number of fused-ring (bicyclic) bond motifs is 1. The van der Waals surface area contributed by atoms with Crippen molar-refractivity contribution < 1.29 is 13.9 Å². The van der Waals surface area contributed by atoms with Gasteiger partial charge in [-0.15, -0.1) is 0 Å². The molecule has 7 nitrogen and oxygen atoms in total. The van der Waals surface area contributed by atoms with Crippen molar-refractivity contribution >= 4 is 45.7 Å². The van der Waals surface area contributed by atoms with Crippen LogP contribution in [0.25, 0.3) is 11.0 Å². The first-order valence-corrected chi connectivity index (χ1v) is 12.2. The smallest absolute Gasteiger partial charge is 0.338 e. The van der Waals surface area contributed by atoms with Gasteiger partial charge >= 0.3 is 5.63 Å². The number of hydrogen-bond donors (Lipinski definition) is 2. The van der Waals surface area contributed by atoms with E-state index in [1.807, 2.05) is 68.4 Å². The maximum atomic E-state index is 13.1. The van der Waals surface area contributed by atoms with Crippen LogP contribution in [0.5, 0.6) is 5.75 Å². The van der Waals surface area contributed by atoms with Crippen molar-refractivity contribution in [3.63, 3.8) is 0 Å². The van der Waals surface area contributed by atoms with Crippen molar-refractivity contribution in [3.8, 4) is 5.75 Å². The van der Waals surface area contributed by atoms with Crippen molar-refractivity contribution in [1.29, 1.82) is 0 Å². The van der Waals surface area contributed by atoms with Crippen LogP contribution in [0.1, 0.15) is 20.3 Å². The molecule has 0 aliphatic rings. The largest absolute Gasteiger partial charge is 0.495 e. The predicted octanol–water partition coefficient (Wildman–Crippen LogP) is 4.63. The normalized spacial score (nSPS) is 12.1. The van der Waals surface area contributed by atoms with Gasteiger partial charge in [-0.05, 0) is 48.8 Å². The Bertz CT molecular complexity index is 1160. The van der Waals surface area contributed by atoms with Gasteiger partial charge in [0, 0.05) is 30.2 Å². The highest BCUT2D eigenvalue weighted by atomic mass is 32.2. The maximum absolute atomic E-state index is 13.1. The van der Waals surface area contributed by atoms with E-state index >= 15 is 0 Å². The predicted molar refractivity (Wildman–Crippen MR) is 137 cm³/mol. The van der Waals surface area contributed by atoms with Gasteiger partial charge in [0.05, 0.1) is 24.5 Å². The highest BCUT2D eigenvalue weighted by Crippen LogP contribution is 2.34. The van der Waals surface area contributed by atoms with Crippen LogP contribution in [0.15, 0.2) is 57.7 Å². The van der Waals surface area contributed by atoms with E-state index in [1.54, 1.807) is 24.9 Å². The van der Waals surface area contributed by atoms with Crippen molar-refractivity contribution in [1.82, 2.24) is 5.32 Å². The number of benzene rings is 2. The van der Waals surface area contributed by atoms with Gasteiger partial charge in [0.25, 0.3) is 0 Å². The molecule has 1 unspecified atom stereocenters. The number of amides is 1. The summed E-state index contributed by atoms with van der Waals surface area (Å²) in [6.07, 6.45) is 2.75. The molecule has 0 bridgehead atoms. The summed E-state index contributed by atoms with van der Waals surface area (Å²) in [6, 6.07) is 14.3. The molecular weight excluding hydrogens is 438 g/mol. The average Bonchev–Trinajstić information content (AvgIpc) is 2.80. The zero-order chi connectivity index (χ0) is 24.0. The number of para-hydroxylation sites is 1. The molecule has 0 saturated carbocycles. The highest BCUT2D eigenvalue weighted by molar-refractivity contribution is 7.98. The second-order valence-corrected chi connectivity index (χ2v) is 9.02. The van der Waals surface area contributed by atoms with E-state index in [0.29, 0.717) is 22.7 Å². The Hall–Kier alpha value is -2.97. The topological polar surface area (TPSA) is 83.8 Å². The quantitative estimate of drug-likeness (QED) is 0.419. The standard InChI is InChI=1S/C25H31N3O4S/c1-16(2)26-19(12-13-33-5)25(30)27-20-14-17(10-11-23(20)31-4)28(3)21-15-24(29)32-22-9-7-6-8-18(21)22/h6-11,14-16,19,26H,12-13H2,1-5H3,(H,27,30). The highest BCUT2D eigenvalue weighted by Gasteiger charge is 2.21. The zero-order valence-corrected chi connectivity index (χ0v) is 20.5. The first-order chi connectivity index (χ1) is 15.8. The van der Waals surface area contributed by atoms with Gasteiger partial charge in [0.15, 0.2) is 0 Å². The van der Waals surface area contributed by atoms with Crippen LogP contribution in [0.3, 0.4) is 0 Å². The molecule has 0 fully saturated rings. The number of thioether (sulfide) groups is 1. The zero-order valence-electron chi connectivity index (χ0n) is 19.7. The summed E-state index contributed by atoms with van der Waals surface area (Å²) >= 11 is 1.71. The van der Waals surface area contributed by atoms with E-state index in [4.69, 9.17) is 9.15 Å². The van der Waals surface area contributed by atoms with Crippen LogP contribution in [-0.2, 0) is 4.79 Å². The van der Waals surface area contributed by atoms with Crippen LogP contribution < -0.4 is 25.9 Å². The van der Waals surface area contributed by atoms with Gasteiger partial charge in [-0.3, -0.25) is 4.79 Å².